The summed E-state index contributed by atoms with van der Waals surface area (Å²) in [6.07, 6.45) is 2.54. The molecule has 0 bridgehead atoms. The Morgan fingerprint density at radius 3 is 2.65 bits per heavy atom. The van der Waals surface area contributed by atoms with Crippen molar-refractivity contribution in [3.05, 3.63) is 71.9 Å². The van der Waals surface area contributed by atoms with Gasteiger partial charge in [0.1, 0.15) is 17.9 Å². The van der Waals surface area contributed by atoms with Gasteiger partial charge in [-0.25, -0.2) is 0 Å². The van der Waals surface area contributed by atoms with Crippen LogP contribution >= 0.6 is 0 Å². The second kappa shape index (κ2) is 5.53. The highest BCUT2D eigenvalue weighted by Gasteiger charge is 2.07. The Labute approximate surface area is 116 Å². The summed E-state index contributed by atoms with van der Waals surface area (Å²) in [5, 5.41) is 0.813. The van der Waals surface area contributed by atoms with Crippen LogP contribution in [0.5, 0.6) is 5.75 Å². The molecule has 0 saturated carbocycles. The Morgan fingerprint density at radius 2 is 1.85 bits per heavy atom. The number of benzene rings is 2. The van der Waals surface area contributed by atoms with E-state index in [4.69, 9.17) is 4.74 Å². The second-order valence-electron chi connectivity index (χ2n) is 4.44. The third-order valence-electron chi connectivity index (χ3n) is 3.13. The first-order chi connectivity index (χ1) is 9.88. The van der Waals surface area contributed by atoms with Gasteiger partial charge >= 0.3 is 0 Å². The van der Waals surface area contributed by atoms with Gasteiger partial charge in [0.2, 0.25) is 0 Å². The van der Waals surface area contributed by atoms with E-state index >= 15 is 0 Å². The topological polar surface area (TPSA) is 39.2 Å². The molecule has 0 radical (unpaired) electrons. The molecule has 3 nitrogen and oxygen atoms in total. The molecule has 2 aromatic carbocycles. The Kier molecular flexibility index (Phi) is 3.42. The predicted octanol–water partition coefficient (Wildman–Crippen LogP) is 3.63. The van der Waals surface area contributed by atoms with Crippen LogP contribution in [0.2, 0.25) is 0 Å². The molecule has 3 aromatic rings. The molecule has 0 spiro atoms. The van der Waals surface area contributed by atoms with Crippen molar-refractivity contribution in [3.8, 4) is 5.75 Å². The molecule has 3 heteroatoms. The molecule has 98 valence electrons. The summed E-state index contributed by atoms with van der Waals surface area (Å²) in [4.78, 5) is 15.4. The molecule has 0 saturated heterocycles. The van der Waals surface area contributed by atoms with E-state index in [2.05, 4.69) is 4.98 Å². The van der Waals surface area contributed by atoms with Gasteiger partial charge in [-0.05, 0) is 23.8 Å². The highest BCUT2D eigenvalue weighted by atomic mass is 16.5. The number of hydrogen-bond donors (Lipinski definition) is 0. The minimum Gasteiger partial charge on any atom is -0.487 e. The first-order valence-corrected chi connectivity index (χ1v) is 6.38. The van der Waals surface area contributed by atoms with Crippen LogP contribution in [-0.4, -0.2) is 11.3 Å². The van der Waals surface area contributed by atoms with Crippen molar-refractivity contribution in [2.75, 3.05) is 0 Å². The maximum atomic E-state index is 11.0. The molecule has 0 fully saturated rings. The van der Waals surface area contributed by atoms with Gasteiger partial charge in [-0.2, -0.15) is 0 Å². The van der Waals surface area contributed by atoms with Crippen molar-refractivity contribution < 1.29 is 9.53 Å². The molecule has 0 aliphatic carbocycles. The third-order valence-corrected chi connectivity index (χ3v) is 3.13. The van der Waals surface area contributed by atoms with Crippen molar-refractivity contribution in [2.24, 2.45) is 0 Å². The predicted molar refractivity (Wildman–Crippen MR) is 77.9 cm³/mol. The molecule has 1 heterocycles. The number of aldehydes is 1. The molecular weight excluding hydrogens is 250 g/mol. The van der Waals surface area contributed by atoms with E-state index in [1.165, 1.54) is 0 Å². The molecular formula is C17H13NO2. The maximum Gasteiger partial charge on any atom is 0.150 e. The second-order valence-corrected chi connectivity index (χ2v) is 4.44. The third kappa shape index (κ3) is 2.38. The lowest BCUT2D eigenvalue weighted by atomic mass is 10.1. The van der Waals surface area contributed by atoms with Crippen LogP contribution in [0, 0.1) is 0 Å². The van der Waals surface area contributed by atoms with Crippen LogP contribution in [-0.2, 0) is 6.61 Å². The molecule has 0 atom stereocenters. The zero-order valence-electron chi connectivity index (χ0n) is 10.8. The first kappa shape index (κ1) is 12.4. The average Bonchev–Trinajstić information content (AvgIpc) is 2.53. The molecule has 3 rings (SSSR count). The number of carbonyl (C=O) groups excluding carboxylic acids is 1. The number of ether oxygens (including phenoxy) is 1. The Hall–Kier alpha value is -2.68. The van der Waals surface area contributed by atoms with E-state index in [0.29, 0.717) is 23.4 Å². The summed E-state index contributed by atoms with van der Waals surface area (Å²) in [7, 11) is 0. The van der Waals surface area contributed by atoms with Crippen molar-refractivity contribution >= 4 is 17.2 Å². The molecule has 0 N–H and O–H groups in total. The summed E-state index contributed by atoms with van der Waals surface area (Å²) in [6.45, 7) is 0.479. The Morgan fingerprint density at radius 1 is 1.00 bits per heavy atom. The zero-order chi connectivity index (χ0) is 13.8. The Balaban J connectivity index is 1.94. The number of aromatic nitrogens is 1. The van der Waals surface area contributed by atoms with E-state index in [1.807, 2.05) is 42.5 Å². The monoisotopic (exact) mass is 263 g/mol. The summed E-state index contributed by atoms with van der Waals surface area (Å²) >= 11 is 0. The largest absolute Gasteiger partial charge is 0.487 e. The standard InChI is InChI=1S/C17H13NO2/c19-11-14-8-9-16(17-15(14)7-4-10-18-17)20-12-13-5-2-1-3-6-13/h1-11H,12H2. The van der Waals surface area contributed by atoms with E-state index in [9.17, 15) is 4.79 Å². The quantitative estimate of drug-likeness (QED) is 0.675. The van der Waals surface area contributed by atoms with E-state index < -0.39 is 0 Å². The number of pyridine rings is 1. The molecule has 0 amide bonds. The minimum absolute atomic E-state index is 0.479. The van der Waals surface area contributed by atoms with E-state index in [-0.39, 0.29) is 0 Å². The van der Waals surface area contributed by atoms with Crippen molar-refractivity contribution in [2.45, 2.75) is 6.61 Å². The molecule has 0 unspecified atom stereocenters. The summed E-state index contributed by atoms with van der Waals surface area (Å²) in [5.41, 5.74) is 2.43. The fourth-order valence-corrected chi connectivity index (χ4v) is 2.12. The number of hydrogen-bond acceptors (Lipinski definition) is 3. The normalized spacial score (nSPS) is 10.4. The van der Waals surface area contributed by atoms with Gasteiger partial charge < -0.3 is 4.74 Å². The first-order valence-electron chi connectivity index (χ1n) is 6.38. The number of rotatable bonds is 4. The molecule has 0 aliphatic rings. The van der Waals surface area contributed by atoms with Gasteiger partial charge in [-0.15, -0.1) is 0 Å². The van der Waals surface area contributed by atoms with Gasteiger partial charge in [-0.3, -0.25) is 9.78 Å². The smallest absolute Gasteiger partial charge is 0.150 e. The van der Waals surface area contributed by atoms with Gasteiger partial charge in [0, 0.05) is 17.1 Å². The molecule has 20 heavy (non-hydrogen) atoms. The van der Waals surface area contributed by atoms with Crippen LogP contribution in [0.15, 0.2) is 60.8 Å². The lowest BCUT2D eigenvalue weighted by Gasteiger charge is -2.09. The number of fused-ring (bicyclic) bond motifs is 1. The van der Waals surface area contributed by atoms with Crippen LogP contribution in [0.4, 0.5) is 0 Å². The Bertz CT molecular complexity index is 738. The molecule has 0 aliphatic heterocycles. The van der Waals surface area contributed by atoms with Crippen LogP contribution in [0.25, 0.3) is 10.9 Å². The van der Waals surface area contributed by atoms with Crippen LogP contribution in [0.3, 0.4) is 0 Å². The van der Waals surface area contributed by atoms with Crippen molar-refractivity contribution in [3.63, 3.8) is 0 Å². The molecule has 1 aromatic heterocycles. The lowest BCUT2D eigenvalue weighted by Crippen LogP contribution is -1.97. The van der Waals surface area contributed by atoms with Gasteiger partial charge in [0.05, 0.1) is 0 Å². The average molecular weight is 263 g/mol. The van der Waals surface area contributed by atoms with E-state index in [0.717, 1.165) is 17.2 Å². The summed E-state index contributed by atoms with van der Waals surface area (Å²) in [5.74, 6) is 0.690. The highest BCUT2D eigenvalue weighted by Crippen LogP contribution is 2.26. The summed E-state index contributed by atoms with van der Waals surface area (Å²) < 4.78 is 5.83. The van der Waals surface area contributed by atoms with Crippen LogP contribution in [0.1, 0.15) is 15.9 Å². The lowest BCUT2D eigenvalue weighted by molar-refractivity contribution is 0.112. The highest BCUT2D eigenvalue weighted by molar-refractivity contribution is 5.98. The fourth-order valence-electron chi connectivity index (χ4n) is 2.12. The fraction of sp³-hybridized carbons (Fsp3) is 0.0588. The van der Waals surface area contributed by atoms with Crippen molar-refractivity contribution in [1.29, 1.82) is 0 Å². The van der Waals surface area contributed by atoms with Gasteiger partial charge in [0.25, 0.3) is 0 Å². The van der Waals surface area contributed by atoms with Crippen molar-refractivity contribution in [1.82, 2.24) is 4.98 Å². The van der Waals surface area contributed by atoms with Crippen LogP contribution < -0.4 is 4.74 Å². The zero-order valence-corrected chi connectivity index (χ0v) is 10.8. The maximum absolute atomic E-state index is 11.0. The number of nitrogens with zero attached hydrogens (tertiary/aromatic N) is 1. The van der Waals surface area contributed by atoms with Gasteiger partial charge in [0.15, 0.2) is 6.29 Å². The van der Waals surface area contributed by atoms with E-state index in [1.54, 1.807) is 18.3 Å². The number of carbonyl (C=O) groups is 1. The minimum atomic E-state index is 0.479. The van der Waals surface area contributed by atoms with Gasteiger partial charge in [-0.1, -0.05) is 36.4 Å². The summed E-state index contributed by atoms with van der Waals surface area (Å²) in [6, 6.07) is 17.2. The SMILES string of the molecule is O=Cc1ccc(OCc2ccccc2)c2ncccc12.